The number of benzene rings is 2. The fourth-order valence-corrected chi connectivity index (χ4v) is 4.81. The molecule has 0 unspecified atom stereocenters. The second kappa shape index (κ2) is 10.3. The smallest absolute Gasteiger partial charge is 0.240 e. The van der Waals surface area contributed by atoms with Crippen LogP contribution in [0.25, 0.3) is 0 Å². The number of carbonyl (C=O) groups is 1. The number of aryl methyl sites for hydroxylation is 1. The standard InChI is InChI=1S/C22H27FN2O5S/c1-15-6-9-18(10-7-15)31(28,29)25-20-11-8-17(30-21(20)14-26)12-22(27)24-13-16-4-2-3-5-19(16)23/h2-7,9-10,17,20-21,25-26H,8,11-14H2,1H3,(H,24,27)/t17-,20+,21-/m0/s1. The van der Waals surface area contributed by atoms with E-state index in [0.29, 0.717) is 18.4 Å². The second-order valence-electron chi connectivity index (χ2n) is 7.67. The van der Waals surface area contributed by atoms with Crippen molar-refractivity contribution < 1.29 is 27.4 Å². The number of hydrogen-bond acceptors (Lipinski definition) is 5. The molecule has 31 heavy (non-hydrogen) atoms. The van der Waals surface area contributed by atoms with E-state index in [1.807, 2.05) is 6.92 Å². The van der Waals surface area contributed by atoms with Crippen LogP contribution in [0.1, 0.15) is 30.4 Å². The Balaban J connectivity index is 1.53. The third-order valence-electron chi connectivity index (χ3n) is 5.28. The first-order valence-electron chi connectivity index (χ1n) is 10.1. The van der Waals surface area contributed by atoms with Crippen molar-refractivity contribution in [3.8, 4) is 0 Å². The molecule has 2 aromatic rings. The SMILES string of the molecule is Cc1ccc(S(=O)(=O)N[C@@H]2CC[C@@H](CC(=O)NCc3ccccc3F)O[C@H]2CO)cc1. The van der Waals surface area contributed by atoms with Crippen molar-refractivity contribution in [1.29, 1.82) is 0 Å². The van der Waals surface area contributed by atoms with Gasteiger partial charge in [0.1, 0.15) is 5.82 Å². The van der Waals surface area contributed by atoms with E-state index in [2.05, 4.69) is 10.0 Å². The van der Waals surface area contributed by atoms with Gasteiger partial charge >= 0.3 is 0 Å². The second-order valence-corrected chi connectivity index (χ2v) is 9.38. The Hall–Kier alpha value is -2.33. The van der Waals surface area contributed by atoms with Gasteiger partial charge in [-0.05, 0) is 38.0 Å². The molecular formula is C22H27FN2O5S. The predicted octanol–water partition coefficient (Wildman–Crippen LogP) is 2.03. The summed E-state index contributed by atoms with van der Waals surface area (Å²) in [6.07, 6.45) is -0.314. The van der Waals surface area contributed by atoms with Crippen LogP contribution < -0.4 is 10.0 Å². The Morgan fingerprint density at radius 2 is 1.87 bits per heavy atom. The Labute approximate surface area is 181 Å². The van der Waals surface area contributed by atoms with Gasteiger partial charge in [-0.1, -0.05) is 35.9 Å². The van der Waals surface area contributed by atoms with E-state index >= 15 is 0 Å². The Bertz CT molecular complexity index is 997. The summed E-state index contributed by atoms with van der Waals surface area (Å²) in [4.78, 5) is 12.4. The molecular weight excluding hydrogens is 423 g/mol. The van der Waals surface area contributed by atoms with Crippen molar-refractivity contribution in [2.24, 2.45) is 0 Å². The largest absolute Gasteiger partial charge is 0.394 e. The zero-order valence-corrected chi connectivity index (χ0v) is 18.1. The van der Waals surface area contributed by atoms with E-state index in [0.717, 1.165) is 5.56 Å². The molecule has 1 saturated heterocycles. The Morgan fingerprint density at radius 3 is 2.55 bits per heavy atom. The average molecular weight is 451 g/mol. The summed E-state index contributed by atoms with van der Waals surface area (Å²) in [6, 6.07) is 12.1. The van der Waals surface area contributed by atoms with Crippen LogP contribution in [0.5, 0.6) is 0 Å². The van der Waals surface area contributed by atoms with Crippen LogP contribution in [0.4, 0.5) is 4.39 Å². The number of ether oxygens (including phenoxy) is 1. The molecule has 2 aromatic carbocycles. The maximum absolute atomic E-state index is 13.7. The number of hydrogen-bond donors (Lipinski definition) is 3. The monoisotopic (exact) mass is 450 g/mol. The summed E-state index contributed by atoms with van der Waals surface area (Å²) in [5.41, 5.74) is 1.34. The minimum atomic E-state index is -3.76. The van der Waals surface area contributed by atoms with Gasteiger partial charge in [0.05, 0.1) is 36.2 Å². The van der Waals surface area contributed by atoms with E-state index in [-0.39, 0.29) is 36.2 Å². The van der Waals surface area contributed by atoms with Crippen LogP contribution in [0.3, 0.4) is 0 Å². The third-order valence-corrected chi connectivity index (χ3v) is 6.79. The summed E-state index contributed by atoms with van der Waals surface area (Å²) in [6.45, 7) is 1.56. The maximum Gasteiger partial charge on any atom is 0.240 e. The lowest BCUT2D eigenvalue weighted by atomic mass is 9.98. The van der Waals surface area contributed by atoms with Crippen molar-refractivity contribution in [2.75, 3.05) is 6.61 Å². The van der Waals surface area contributed by atoms with Gasteiger partial charge < -0.3 is 15.2 Å². The number of sulfonamides is 1. The summed E-state index contributed by atoms with van der Waals surface area (Å²) in [5, 5.41) is 12.4. The molecule has 3 rings (SSSR count). The fourth-order valence-electron chi connectivity index (χ4n) is 3.52. The molecule has 0 aromatic heterocycles. The number of halogens is 1. The molecule has 1 heterocycles. The first-order valence-corrected chi connectivity index (χ1v) is 11.6. The number of nitrogens with one attached hydrogen (secondary N) is 2. The van der Waals surface area contributed by atoms with Gasteiger partial charge in [-0.15, -0.1) is 0 Å². The normalized spacial score (nSPS) is 21.6. The zero-order valence-electron chi connectivity index (χ0n) is 17.3. The van der Waals surface area contributed by atoms with Crippen molar-refractivity contribution in [3.05, 3.63) is 65.5 Å². The molecule has 9 heteroatoms. The summed E-state index contributed by atoms with van der Waals surface area (Å²) >= 11 is 0. The molecule has 0 radical (unpaired) electrons. The lowest BCUT2D eigenvalue weighted by Crippen LogP contribution is -2.51. The quantitative estimate of drug-likeness (QED) is 0.571. The van der Waals surface area contributed by atoms with E-state index in [4.69, 9.17) is 4.74 Å². The van der Waals surface area contributed by atoms with Gasteiger partial charge in [0.2, 0.25) is 15.9 Å². The highest BCUT2D eigenvalue weighted by atomic mass is 32.2. The molecule has 1 aliphatic rings. The fraction of sp³-hybridized carbons (Fsp3) is 0.409. The average Bonchev–Trinajstić information content (AvgIpc) is 2.74. The van der Waals surface area contributed by atoms with Crippen molar-refractivity contribution in [2.45, 2.75) is 55.9 Å². The zero-order chi connectivity index (χ0) is 22.4. The lowest BCUT2D eigenvalue weighted by Gasteiger charge is -2.35. The summed E-state index contributed by atoms with van der Waals surface area (Å²) in [5.74, 6) is -0.690. The molecule has 1 fully saturated rings. The highest BCUT2D eigenvalue weighted by Crippen LogP contribution is 2.24. The van der Waals surface area contributed by atoms with E-state index in [9.17, 15) is 22.7 Å². The van der Waals surface area contributed by atoms with Gasteiger partial charge in [-0.3, -0.25) is 4.79 Å². The molecule has 3 atom stereocenters. The molecule has 3 N–H and O–H groups in total. The highest BCUT2D eigenvalue weighted by molar-refractivity contribution is 7.89. The number of amides is 1. The molecule has 0 spiro atoms. The van der Waals surface area contributed by atoms with Crippen LogP contribution in [0.15, 0.2) is 53.4 Å². The van der Waals surface area contributed by atoms with Gasteiger partial charge in [0, 0.05) is 12.1 Å². The predicted molar refractivity (Wildman–Crippen MR) is 113 cm³/mol. The Morgan fingerprint density at radius 1 is 1.16 bits per heavy atom. The molecule has 0 saturated carbocycles. The molecule has 168 valence electrons. The number of carbonyl (C=O) groups excluding carboxylic acids is 1. The highest BCUT2D eigenvalue weighted by Gasteiger charge is 2.34. The first-order chi connectivity index (χ1) is 14.8. The number of aliphatic hydroxyl groups is 1. The minimum Gasteiger partial charge on any atom is -0.394 e. The van der Waals surface area contributed by atoms with Gasteiger partial charge in [0.15, 0.2) is 0 Å². The Kier molecular flexibility index (Phi) is 7.77. The maximum atomic E-state index is 13.7. The summed E-state index contributed by atoms with van der Waals surface area (Å²) in [7, 11) is -3.76. The van der Waals surface area contributed by atoms with E-state index < -0.39 is 28.3 Å². The lowest BCUT2D eigenvalue weighted by molar-refractivity contribution is -0.130. The van der Waals surface area contributed by atoms with Crippen molar-refractivity contribution >= 4 is 15.9 Å². The van der Waals surface area contributed by atoms with Crippen molar-refractivity contribution in [1.82, 2.24) is 10.0 Å². The molecule has 1 amide bonds. The topological polar surface area (TPSA) is 105 Å². The van der Waals surface area contributed by atoms with Crippen LogP contribution in [0.2, 0.25) is 0 Å². The van der Waals surface area contributed by atoms with E-state index in [1.54, 1.807) is 30.3 Å². The molecule has 0 bridgehead atoms. The van der Waals surface area contributed by atoms with Crippen LogP contribution in [0, 0.1) is 12.7 Å². The molecule has 0 aliphatic carbocycles. The van der Waals surface area contributed by atoms with Gasteiger partial charge in [0.25, 0.3) is 0 Å². The van der Waals surface area contributed by atoms with Crippen LogP contribution >= 0.6 is 0 Å². The third kappa shape index (κ3) is 6.33. The number of rotatable bonds is 8. The number of aliphatic hydroxyl groups excluding tert-OH is 1. The van der Waals surface area contributed by atoms with Gasteiger partial charge in [-0.2, -0.15) is 0 Å². The molecule has 1 aliphatic heterocycles. The van der Waals surface area contributed by atoms with Crippen LogP contribution in [-0.2, 0) is 26.1 Å². The van der Waals surface area contributed by atoms with E-state index in [1.165, 1.54) is 18.2 Å². The van der Waals surface area contributed by atoms with Crippen molar-refractivity contribution in [3.63, 3.8) is 0 Å². The van der Waals surface area contributed by atoms with Crippen LogP contribution in [-0.4, -0.2) is 44.3 Å². The minimum absolute atomic E-state index is 0.0440. The summed E-state index contributed by atoms with van der Waals surface area (Å²) < 4.78 is 47.3. The molecule has 7 nitrogen and oxygen atoms in total. The van der Waals surface area contributed by atoms with Gasteiger partial charge in [-0.25, -0.2) is 17.5 Å². The first kappa shape index (κ1) is 23.3.